The van der Waals surface area contributed by atoms with Crippen LogP contribution in [0.1, 0.15) is 33.1 Å². The molecule has 5 nitrogen and oxygen atoms in total. The van der Waals surface area contributed by atoms with Crippen LogP contribution >= 0.6 is 0 Å². The van der Waals surface area contributed by atoms with Gasteiger partial charge >= 0.3 is 0 Å². The van der Waals surface area contributed by atoms with E-state index in [9.17, 15) is 9.59 Å². The molecule has 1 N–H and O–H groups in total. The highest BCUT2D eigenvalue weighted by molar-refractivity contribution is 6.01. The fourth-order valence-electron chi connectivity index (χ4n) is 2.32. The molecule has 0 spiro atoms. The first kappa shape index (κ1) is 15.4. The fraction of sp³-hybridized carbons (Fsp3) is 0.500. The highest BCUT2D eigenvalue weighted by atomic mass is 16.5. The summed E-state index contributed by atoms with van der Waals surface area (Å²) in [5, 5.41) is 2.76. The molecular formula is C16H22N2O3. The number of ether oxygens (including phenoxy) is 1. The first-order valence-electron chi connectivity index (χ1n) is 7.49. The Morgan fingerprint density at radius 3 is 2.57 bits per heavy atom. The quantitative estimate of drug-likeness (QED) is 0.903. The van der Waals surface area contributed by atoms with Crippen molar-refractivity contribution in [3.8, 4) is 5.75 Å². The number of anilines is 1. The number of benzene rings is 1. The molecule has 21 heavy (non-hydrogen) atoms. The second-order valence-corrected chi connectivity index (χ2v) is 5.11. The molecule has 2 rings (SSSR count). The molecule has 114 valence electrons. The van der Waals surface area contributed by atoms with Crippen LogP contribution in [0.4, 0.5) is 5.69 Å². The van der Waals surface area contributed by atoms with E-state index in [1.54, 1.807) is 4.90 Å². The Balaban J connectivity index is 2.15. The van der Waals surface area contributed by atoms with Gasteiger partial charge in [0.2, 0.25) is 11.8 Å². The van der Waals surface area contributed by atoms with Gasteiger partial charge in [0.25, 0.3) is 0 Å². The van der Waals surface area contributed by atoms with Crippen molar-refractivity contribution in [1.82, 2.24) is 5.32 Å². The van der Waals surface area contributed by atoms with E-state index < -0.39 is 6.04 Å². The van der Waals surface area contributed by atoms with Gasteiger partial charge in [-0.15, -0.1) is 0 Å². The molecular weight excluding hydrogens is 268 g/mol. The summed E-state index contributed by atoms with van der Waals surface area (Å²) >= 11 is 0. The minimum absolute atomic E-state index is 0.0504. The average molecular weight is 290 g/mol. The monoisotopic (exact) mass is 290 g/mol. The molecule has 0 radical (unpaired) electrons. The van der Waals surface area contributed by atoms with E-state index in [1.807, 2.05) is 31.2 Å². The lowest BCUT2D eigenvalue weighted by Gasteiger charge is -2.23. The van der Waals surface area contributed by atoms with E-state index in [-0.39, 0.29) is 11.8 Å². The van der Waals surface area contributed by atoms with Gasteiger partial charge in [-0.3, -0.25) is 9.59 Å². The van der Waals surface area contributed by atoms with Crippen molar-refractivity contribution < 1.29 is 14.3 Å². The predicted octanol–water partition coefficient (Wildman–Crippen LogP) is 2.11. The summed E-state index contributed by atoms with van der Waals surface area (Å²) in [7, 11) is 0. The molecule has 1 aromatic carbocycles. The van der Waals surface area contributed by atoms with Gasteiger partial charge in [-0.25, -0.2) is 0 Å². The van der Waals surface area contributed by atoms with Crippen LogP contribution in [0.5, 0.6) is 5.75 Å². The predicted molar refractivity (Wildman–Crippen MR) is 81.4 cm³/mol. The van der Waals surface area contributed by atoms with Crippen molar-refractivity contribution in [3.05, 3.63) is 24.3 Å². The number of carbonyl (C=O) groups excluding carboxylic acids is 2. The molecule has 0 aromatic heterocycles. The van der Waals surface area contributed by atoms with Crippen LogP contribution in [0.25, 0.3) is 0 Å². The Morgan fingerprint density at radius 2 is 1.95 bits per heavy atom. The van der Waals surface area contributed by atoms with Gasteiger partial charge in [0.1, 0.15) is 11.8 Å². The third-order valence-electron chi connectivity index (χ3n) is 3.49. The van der Waals surface area contributed by atoms with Gasteiger partial charge < -0.3 is 15.0 Å². The first-order chi connectivity index (χ1) is 10.2. The standard InChI is InChI=1S/C16H22N2O3/c1-3-11-21-13-7-5-12(6-8-13)18-10-9-15(19)17-14(4-2)16(18)20/h5-8,14H,3-4,9-11H2,1-2H3,(H,17,19). The van der Waals surface area contributed by atoms with Crippen molar-refractivity contribution in [2.75, 3.05) is 18.1 Å². The Morgan fingerprint density at radius 1 is 1.24 bits per heavy atom. The zero-order chi connectivity index (χ0) is 15.2. The minimum Gasteiger partial charge on any atom is -0.494 e. The second kappa shape index (κ2) is 7.11. The lowest BCUT2D eigenvalue weighted by molar-refractivity contribution is -0.125. The zero-order valence-corrected chi connectivity index (χ0v) is 12.6. The van der Waals surface area contributed by atoms with Crippen molar-refractivity contribution in [2.45, 2.75) is 39.2 Å². The number of hydrogen-bond acceptors (Lipinski definition) is 3. The highest BCUT2D eigenvalue weighted by Crippen LogP contribution is 2.22. The number of hydrogen-bond donors (Lipinski definition) is 1. The highest BCUT2D eigenvalue weighted by Gasteiger charge is 2.29. The average Bonchev–Trinajstić information content (AvgIpc) is 2.65. The summed E-state index contributed by atoms with van der Waals surface area (Å²) in [5.41, 5.74) is 0.804. The van der Waals surface area contributed by atoms with E-state index in [1.165, 1.54) is 0 Å². The summed E-state index contributed by atoms with van der Waals surface area (Å²) in [6.07, 6.45) is 1.88. The van der Waals surface area contributed by atoms with Crippen molar-refractivity contribution >= 4 is 17.5 Å². The fourth-order valence-corrected chi connectivity index (χ4v) is 2.32. The van der Waals surface area contributed by atoms with E-state index in [0.717, 1.165) is 17.9 Å². The Hall–Kier alpha value is -2.04. The van der Waals surface area contributed by atoms with Crippen LogP contribution in [-0.4, -0.2) is 31.0 Å². The SMILES string of the molecule is CCCOc1ccc(N2CCC(=O)NC(CC)C2=O)cc1. The largest absolute Gasteiger partial charge is 0.494 e. The van der Waals surface area contributed by atoms with E-state index >= 15 is 0 Å². The topological polar surface area (TPSA) is 58.6 Å². The summed E-state index contributed by atoms with van der Waals surface area (Å²) in [6, 6.07) is 7.02. The van der Waals surface area contributed by atoms with Crippen molar-refractivity contribution in [3.63, 3.8) is 0 Å². The maximum atomic E-state index is 12.5. The molecule has 0 saturated carbocycles. The molecule has 0 aliphatic carbocycles. The normalized spacial score (nSPS) is 19.1. The number of nitrogens with zero attached hydrogens (tertiary/aromatic N) is 1. The van der Waals surface area contributed by atoms with Gasteiger partial charge in [0.05, 0.1) is 6.61 Å². The summed E-state index contributed by atoms with van der Waals surface area (Å²) in [6.45, 7) is 5.04. The lowest BCUT2D eigenvalue weighted by atomic mass is 10.2. The minimum atomic E-state index is -0.434. The lowest BCUT2D eigenvalue weighted by Crippen LogP contribution is -2.44. The Bertz CT molecular complexity index is 499. The maximum Gasteiger partial charge on any atom is 0.249 e. The molecule has 0 bridgehead atoms. The summed E-state index contributed by atoms with van der Waals surface area (Å²) in [4.78, 5) is 25.8. The second-order valence-electron chi connectivity index (χ2n) is 5.11. The third kappa shape index (κ3) is 3.74. The van der Waals surface area contributed by atoms with Crippen LogP contribution in [0.15, 0.2) is 24.3 Å². The molecule has 2 amide bonds. The van der Waals surface area contributed by atoms with Gasteiger partial charge in [0, 0.05) is 18.7 Å². The number of amides is 2. The Labute approximate surface area is 125 Å². The molecule has 1 aliphatic heterocycles. The van der Waals surface area contributed by atoms with Crippen molar-refractivity contribution in [2.24, 2.45) is 0 Å². The molecule has 1 unspecified atom stereocenters. The summed E-state index contributed by atoms with van der Waals surface area (Å²) in [5.74, 6) is 0.676. The van der Waals surface area contributed by atoms with Crippen LogP contribution in [0.2, 0.25) is 0 Å². The van der Waals surface area contributed by atoms with Crippen LogP contribution < -0.4 is 15.0 Å². The Kier molecular flexibility index (Phi) is 5.20. The summed E-state index contributed by atoms with van der Waals surface area (Å²) < 4.78 is 5.54. The molecule has 1 atom stereocenters. The van der Waals surface area contributed by atoms with Gasteiger partial charge in [-0.1, -0.05) is 13.8 Å². The third-order valence-corrected chi connectivity index (χ3v) is 3.49. The molecule has 1 saturated heterocycles. The van der Waals surface area contributed by atoms with E-state index in [4.69, 9.17) is 4.74 Å². The maximum absolute atomic E-state index is 12.5. The van der Waals surface area contributed by atoms with E-state index in [0.29, 0.717) is 26.0 Å². The van der Waals surface area contributed by atoms with Gasteiger partial charge in [-0.2, -0.15) is 0 Å². The number of nitrogens with one attached hydrogen (secondary N) is 1. The molecule has 1 heterocycles. The van der Waals surface area contributed by atoms with Crippen LogP contribution in [-0.2, 0) is 9.59 Å². The molecule has 1 aliphatic rings. The van der Waals surface area contributed by atoms with E-state index in [2.05, 4.69) is 12.2 Å². The zero-order valence-electron chi connectivity index (χ0n) is 12.6. The van der Waals surface area contributed by atoms with Gasteiger partial charge in [-0.05, 0) is 37.1 Å². The molecule has 5 heteroatoms. The number of carbonyl (C=O) groups is 2. The van der Waals surface area contributed by atoms with Gasteiger partial charge in [0.15, 0.2) is 0 Å². The number of rotatable bonds is 5. The van der Waals surface area contributed by atoms with Crippen LogP contribution in [0, 0.1) is 0 Å². The van der Waals surface area contributed by atoms with Crippen molar-refractivity contribution in [1.29, 1.82) is 0 Å². The molecule has 1 aromatic rings. The molecule has 1 fully saturated rings. The smallest absolute Gasteiger partial charge is 0.249 e. The first-order valence-corrected chi connectivity index (χ1v) is 7.49. The van der Waals surface area contributed by atoms with Crippen LogP contribution in [0.3, 0.4) is 0 Å².